The predicted molar refractivity (Wildman–Crippen MR) is 347 cm³/mol. The van der Waals surface area contributed by atoms with Crippen molar-refractivity contribution in [2.75, 3.05) is 49.3 Å². The van der Waals surface area contributed by atoms with Crippen LogP contribution in [0, 0.1) is 59.2 Å². The highest BCUT2D eigenvalue weighted by molar-refractivity contribution is 6.00. The van der Waals surface area contributed by atoms with Crippen LogP contribution >= 0.6 is 0 Å². The zero-order chi connectivity index (χ0) is 69.8. The molecule has 0 aromatic carbocycles. The predicted octanol–water partition coefficient (Wildman–Crippen LogP) is 6.68. The van der Waals surface area contributed by atoms with Crippen LogP contribution in [-0.2, 0) is 67.1 Å². The van der Waals surface area contributed by atoms with Gasteiger partial charge in [-0.15, -0.1) is 0 Å². The van der Waals surface area contributed by atoms with Gasteiger partial charge in [-0.2, -0.15) is 0 Å². The number of esters is 1. The molecule has 1 saturated heterocycles. The molecule has 512 valence electrons. The number of carbonyl (C=O) groups is 13. The van der Waals surface area contributed by atoms with E-state index < -0.39 is 166 Å². The van der Waals surface area contributed by atoms with Gasteiger partial charge in [0.25, 0.3) is 0 Å². The highest BCUT2D eigenvalue weighted by atomic mass is 16.5. The molecule has 1 rings (SSSR count). The van der Waals surface area contributed by atoms with Crippen LogP contribution in [0.5, 0.6) is 0 Å². The van der Waals surface area contributed by atoms with E-state index in [1.807, 2.05) is 47.6 Å². The molecule has 1 N–H and O–H groups in total. The molecule has 1 fully saturated rings. The number of ether oxygens (including phenoxy) is 1. The third kappa shape index (κ3) is 22.2. The van der Waals surface area contributed by atoms with Crippen LogP contribution in [0.4, 0.5) is 0 Å². The first-order valence-corrected chi connectivity index (χ1v) is 32.6. The number of nitrogens with one attached hydrogen (secondary N) is 1. The standard InChI is InChI=1S/C68H116N8O14/c1-26-28-29-44(14)60(90-48(18)78)59-61(82)69-50(27-2)65(86)70(19)47(17)63(84)75(24)58(43(13)30-31-77)56(81)37-49(41(9)10)64(85)71(20)51(32-38(3)4)55(80)35-45(15)54(79)36-46(16)62(83)72(21)52(33-39(5)6)66(87)73(22)53(34-40(7)8)67(88)74(23)57(42(11)12)68(89)76(59)25/h26,28,31,38-47,49-53,57-60H,27,29-30,32-37H2,1-25H3,(H,69,82)/b28-26+/t43-,44-,45-,46+,47-,49+,50+,51+,52+,53+,57+,58+,59+,60-/m1/s1. The Morgan fingerprint density at radius 1 is 0.511 bits per heavy atom. The van der Waals surface area contributed by atoms with Crippen molar-refractivity contribution in [3.8, 4) is 0 Å². The van der Waals surface area contributed by atoms with Crippen LogP contribution in [0.3, 0.4) is 0 Å². The lowest BCUT2D eigenvalue weighted by Crippen LogP contribution is -2.64. The summed E-state index contributed by atoms with van der Waals surface area (Å²) >= 11 is 0. The molecule has 0 bridgehead atoms. The van der Waals surface area contributed by atoms with Crippen molar-refractivity contribution < 1.29 is 67.1 Å². The highest BCUT2D eigenvalue weighted by Crippen LogP contribution is 2.30. The number of nitrogens with zero attached hydrogens (tertiary/aromatic N) is 7. The van der Waals surface area contributed by atoms with Crippen LogP contribution < -0.4 is 5.32 Å². The van der Waals surface area contributed by atoms with Gasteiger partial charge in [0.2, 0.25) is 47.3 Å². The molecule has 14 atom stereocenters. The van der Waals surface area contributed by atoms with Crippen molar-refractivity contribution in [3.05, 3.63) is 12.2 Å². The molecular weight excluding hydrogens is 1150 g/mol. The largest absolute Gasteiger partial charge is 0.459 e. The third-order valence-electron chi connectivity index (χ3n) is 18.0. The third-order valence-corrected chi connectivity index (χ3v) is 18.0. The highest BCUT2D eigenvalue weighted by Gasteiger charge is 2.47. The summed E-state index contributed by atoms with van der Waals surface area (Å²) in [6.45, 7) is 30.8. The van der Waals surface area contributed by atoms with Gasteiger partial charge in [0, 0.05) is 99.7 Å². The Balaban J connectivity index is 4.52. The second-order valence-electron chi connectivity index (χ2n) is 27.7. The van der Waals surface area contributed by atoms with Crippen molar-refractivity contribution in [1.82, 2.24) is 39.6 Å². The molecule has 22 nitrogen and oxygen atoms in total. The Labute approximate surface area is 539 Å². The van der Waals surface area contributed by atoms with E-state index in [1.165, 1.54) is 80.8 Å². The fourth-order valence-corrected chi connectivity index (χ4v) is 12.2. The monoisotopic (exact) mass is 1270 g/mol. The number of hydrogen-bond acceptors (Lipinski definition) is 14. The summed E-state index contributed by atoms with van der Waals surface area (Å²) in [6.07, 6.45) is 2.59. The van der Waals surface area contributed by atoms with E-state index in [2.05, 4.69) is 5.32 Å². The number of allylic oxidation sites excluding steroid dienone is 2. The summed E-state index contributed by atoms with van der Waals surface area (Å²) in [4.78, 5) is 197. The van der Waals surface area contributed by atoms with Gasteiger partial charge in [0.15, 0.2) is 11.6 Å². The Hall–Kier alpha value is -6.35. The van der Waals surface area contributed by atoms with Gasteiger partial charge in [-0.05, 0) is 87.4 Å². The van der Waals surface area contributed by atoms with Crippen LogP contribution in [0.25, 0.3) is 0 Å². The first kappa shape index (κ1) is 81.7. The van der Waals surface area contributed by atoms with E-state index in [0.717, 1.165) is 16.7 Å². The molecule has 1 aliphatic rings. The zero-order valence-electron chi connectivity index (χ0n) is 59.4. The molecular formula is C68H116N8O14. The molecule has 0 saturated carbocycles. The lowest BCUT2D eigenvalue weighted by atomic mass is 9.83. The van der Waals surface area contributed by atoms with E-state index in [-0.39, 0.29) is 75.5 Å². The van der Waals surface area contributed by atoms with Crippen LogP contribution in [0.2, 0.25) is 0 Å². The molecule has 90 heavy (non-hydrogen) atoms. The minimum atomic E-state index is -1.63. The van der Waals surface area contributed by atoms with E-state index in [9.17, 15) is 43.2 Å². The average molecular weight is 1270 g/mol. The van der Waals surface area contributed by atoms with Crippen molar-refractivity contribution in [2.24, 2.45) is 59.2 Å². The maximum atomic E-state index is 15.4. The average Bonchev–Trinajstić information content (AvgIpc) is 2.72. The molecule has 1 heterocycles. The minimum absolute atomic E-state index is 0.0317. The number of Topliss-reactive ketones (excluding diaryl/α,β-unsaturated/α-hetero) is 3. The lowest BCUT2D eigenvalue weighted by molar-refractivity contribution is -0.164. The van der Waals surface area contributed by atoms with Gasteiger partial charge in [-0.1, -0.05) is 116 Å². The fourth-order valence-electron chi connectivity index (χ4n) is 12.2. The number of ketones is 3. The first-order valence-electron chi connectivity index (χ1n) is 32.6. The first-order chi connectivity index (χ1) is 41.6. The van der Waals surface area contributed by atoms with Crippen molar-refractivity contribution in [3.63, 3.8) is 0 Å². The lowest BCUT2D eigenvalue weighted by Gasteiger charge is -2.42. The van der Waals surface area contributed by atoms with Gasteiger partial charge >= 0.3 is 5.97 Å². The van der Waals surface area contributed by atoms with Gasteiger partial charge in [0.1, 0.15) is 54.4 Å². The van der Waals surface area contributed by atoms with Gasteiger partial charge < -0.3 is 49.1 Å². The van der Waals surface area contributed by atoms with Crippen molar-refractivity contribution in [1.29, 1.82) is 0 Å². The van der Waals surface area contributed by atoms with Gasteiger partial charge in [-0.3, -0.25) is 57.5 Å². The van der Waals surface area contributed by atoms with Gasteiger partial charge in [-0.25, -0.2) is 0 Å². The van der Waals surface area contributed by atoms with E-state index in [0.29, 0.717) is 6.29 Å². The molecule has 0 aromatic rings. The van der Waals surface area contributed by atoms with E-state index in [4.69, 9.17) is 4.74 Å². The second kappa shape index (κ2) is 37.2. The molecule has 1 aliphatic heterocycles. The number of carbonyl (C=O) groups excluding carboxylic acids is 13. The summed E-state index contributed by atoms with van der Waals surface area (Å²) < 4.78 is 5.95. The minimum Gasteiger partial charge on any atom is -0.459 e. The summed E-state index contributed by atoms with van der Waals surface area (Å²) in [6, 6.07) is -10.1. The Morgan fingerprint density at radius 3 is 1.42 bits per heavy atom. The summed E-state index contributed by atoms with van der Waals surface area (Å²) in [5, 5.41) is 2.80. The number of rotatable bonds is 17. The molecule has 0 aromatic heterocycles. The molecule has 0 radical (unpaired) electrons. The normalized spacial score (nSPS) is 27.3. The van der Waals surface area contributed by atoms with Crippen LogP contribution in [0.1, 0.15) is 182 Å². The topological polar surface area (TPSA) is 266 Å². The summed E-state index contributed by atoms with van der Waals surface area (Å²) in [5.41, 5.74) is 0. The molecule has 0 unspecified atom stereocenters. The number of aldehydes is 1. The van der Waals surface area contributed by atoms with Crippen LogP contribution in [-0.4, -0.2) is 215 Å². The maximum Gasteiger partial charge on any atom is 0.303 e. The van der Waals surface area contributed by atoms with E-state index >= 15 is 19.2 Å². The number of likely N-dealkylation sites (N-methyl/N-ethyl adjacent to an activating group) is 7. The zero-order valence-corrected chi connectivity index (χ0v) is 59.4. The van der Waals surface area contributed by atoms with Crippen molar-refractivity contribution >= 4 is 76.9 Å². The summed E-state index contributed by atoms with van der Waals surface area (Å²) in [5.74, 6) is -13.1. The van der Waals surface area contributed by atoms with Gasteiger partial charge in [0.05, 0.1) is 12.1 Å². The quantitative estimate of drug-likeness (QED) is 0.0905. The number of hydrogen-bond donors (Lipinski definition) is 1. The SMILES string of the molecule is C/C=C/C[C@@H](C)[C@@H](OC(C)=O)[C@H]1C(=O)N[C@@H](CC)C(=O)N(C)[C@H](C)C(=O)N(C)[C@@H]([C@H](C)CC=O)C(=O)C[C@@H](C(C)C)C(=O)N(C)[C@@H](CC(C)C)C(=O)C[C@@H](C)C(=O)C[C@H](C)C(=O)N(C)[C@@H](CC(C)C)C(=O)N(C)[C@@H](CC(C)C)C(=O)N(C)[C@@H](C(C)C)C(=O)N1C. The maximum absolute atomic E-state index is 15.4. The molecule has 8 amide bonds. The smallest absolute Gasteiger partial charge is 0.303 e. The Bertz CT molecular complexity index is 2530. The Kier molecular flexibility index (Phi) is 33.8. The fraction of sp³-hybridized carbons (Fsp3) is 0.779. The molecule has 0 spiro atoms. The van der Waals surface area contributed by atoms with Crippen LogP contribution in [0.15, 0.2) is 12.2 Å². The number of amides is 8. The summed E-state index contributed by atoms with van der Waals surface area (Å²) in [7, 11) is 9.97. The second-order valence-corrected chi connectivity index (χ2v) is 27.7. The van der Waals surface area contributed by atoms with Crippen molar-refractivity contribution in [2.45, 2.75) is 237 Å². The molecule has 22 heteroatoms. The Morgan fingerprint density at radius 2 is 0.967 bits per heavy atom. The van der Waals surface area contributed by atoms with E-state index in [1.54, 1.807) is 75.3 Å². The molecule has 0 aliphatic carbocycles.